The second-order valence-electron chi connectivity index (χ2n) is 6.91. The number of fused-ring (bicyclic) bond motifs is 1. The van der Waals surface area contributed by atoms with Crippen molar-refractivity contribution in [1.82, 2.24) is 14.5 Å². The molecule has 0 aliphatic carbocycles. The van der Waals surface area contributed by atoms with Gasteiger partial charge in [-0.15, -0.1) is 0 Å². The fraction of sp³-hybridized carbons (Fsp3) is 0.333. The van der Waals surface area contributed by atoms with Crippen molar-refractivity contribution in [3.05, 3.63) is 52.8 Å². The molecule has 0 unspecified atom stereocenters. The first kappa shape index (κ1) is 19.2. The van der Waals surface area contributed by atoms with E-state index in [1.807, 2.05) is 37.3 Å². The van der Waals surface area contributed by atoms with E-state index in [1.54, 1.807) is 20.2 Å². The highest BCUT2D eigenvalue weighted by Crippen LogP contribution is 2.31. The van der Waals surface area contributed by atoms with Crippen LogP contribution in [0.2, 0.25) is 5.02 Å². The number of carbonyl (C=O) groups excluding carboxylic acids is 1. The van der Waals surface area contributed by atoms with Crippen LogP contribution < -0.4 is 4.74 Å². The molecule has 1 amide bonds. The summed E-state index contributed by atoms with van der Waals surface area (Å²) in [6.07, 6.45) is 0. The average Bonchev–Trinajstić information content (AvgIpc) is 3.00. The molecular formula is C21H24ClN3O2. The Morgan fingerprint density at radius 2 is 1.89 bits per heavy atom. The maximum atomic E-state index is 12.4. The highest BCUT2D eigenvalue weighted by atomic mass is 35.5. The molecule has 0 saturated carbocycles. The second kappa shape index (κ2) is 7.61. The Labute approximate surface area is 164 Å². The number of hydrogen-bond donors (Lipinski definition) is 0. The summed E-state index contributed by atoms with van der Waals surface area (Å²) in [7, 11) is 3.42. The van der Waals surface area contributed by atoms with Gasteiger partial charge in [-0.3, -0.25) is 9.36 Å². The Balaban J connectivity index is 2.20. The topological polar surface area (TPSA) is 47.4 Å². The lowest BCUT2D eigenvalue weighted by molar-refractivity contribution is 0.0828. The summed E-state index contributed by atoms with van der Waals surface area (Å²) in [5, 5.41) is 0.420. The smallest absolute Gasteiger partial charge is 0.254 e. The van der Waals surface area contributed by atoms with E-state index in [0.717, 1.165) is 28.3 Å². The lowest BCUT2D eigenvalue weighted by Crippen LogP contribution is -2.22. The fourth-order valence-corrected chi connectivity index (χ4v) is 3.28. The first-order chi connectivity index (χ1) is 12.8. The van der Waals surface area contributed by atoms with E-state index in [1.165, 1.54) is 4.90 Å². The molecule has 0 atom stereocenters. The van der Waals surface area contributed by atoms with Gasteiger partial charge in [-0.05, 0) is 43.3 Å². The molecule has 0 fully saturated rings. The average molecular weight is 386 g/mol. The van der Waals surface area contributed by atoms with Gasteiger partial charge in [-0.25, -0.2) is 4.98 Å². The third kappa shape index (κ3) is 3.65. The molecule has 2 aromatic carbocycles. The molecule has 5 nitrogen and oxygen atoms in total. The Morgan fingerprint density at radius 1 is 1.22 bits per heavy atom. The van der Waals surface area contributed by atoms with E-state index in [0.29, 0.717) is 17.2 Å². The molecule has 0 spiro atoms. The quantitative estimate of drug-likeness (QED) is 0.627. The second-order valence-corrected chi connectivity index (χ2v) is 7.31. The number of carbonyl (C=O) groups is 1. The van der Waals surface area contributed by atoms with Crippen LogP contribution in [0.15, 0.2) is 36.4 Å². The van der Waals surface area contributed by atoms with E-state index in [9.17, 15) is 4.79 Å². The first-order valence-corrected chi connectivity index (χ1v) is 9.38. The molecule has 1 heterocycles. The summed E-state index contributed by atoms with van der Waals surface area (Å²) in [5.41, 5.74) is 3.07. The number of rotatable bonds is 5. The van der Waals surface area contributed by atoms with Crippen molar-refractivity contribution in [2.24, 2.45) is 0 Å². The van der Waals surface area contributed by atoms with E-state index >= 15 is 0 Å². The predicted molar refractivity (Wildman–Crippen MR) is 109 cm³/mol. The number of hydrogen-bond acceptors (Lipinski definition) is 3. The minimum Gasteiger partial charge on any atom is -0.494 e. The van der Waals surface area contributed by atoms with E-state index < -0.39 is 0 Å². The molecule has 0 N–H and O–H groups in total. The number of amides is 1. The summed E-state index contributed by atoms with van der Waals surface area (Å²) >= 11 is 6.45. The molecule has 6 heteroatoms. The van der Waals surface area contributed by atoms with Gasteiger partial charge in [0.2, 0.25) is 0 Å². The molecule has 3 rings (SSSR count). The van der Waals surface area contributed by atoms with Crippen LogP contribution in [0.25, 0.3) is 16.7 Å². The molecular weight excluding hydrogens is 362 g/mol. The van der Waals surface area contributed by atoms with Gasteiger partial charge >= 0.3 is 0 Å². The highest BCUT2D eigenvalue weighted by molar-refractivity contribution is 6.34. The van der Waals surface area contributed by atoms with E-state index in [2.05, 4.69) is 18.4 Å². The fourth-order valence-electron chi connectivity index (χ4n) is 3.04. The summed E-state index contributed by atoms with van der Waals surface area (Å²) in [6.45, 7) is 6.78. The van der Waals surface area contributed by atoms with Gasteiger partial charge < -0.3 is 9.64 Å². The Kier molecular flexibility index (Phi) is 5.42. The Hall–Kier alpha value is -2.53. The number of imidazole rings is 1. The SMILES string of the molecule is CCOc1ccc(-n2c(C(C)C)nc3cc(C(=O)N(C)C)c(Cl)cc32)cc1. The predicted octanol–water partition coefficient (Wildman–Crippen LogP) is 4.90. The van der Waals surface area contributed by atoms with Crippen LogP contribution in [0, 0.1) is 0 Å². The van der Waals surface area contributed by atoms with Crippen LogP contribution in [0.1, 0.15) is 42.9 Å². The lowest BCUT2D eigenvalue weighted by Gasteiger charge is -2.14. The van der Waals surface area contributed by atoms with Crippen molar-refractivity contribution >= 4 is 28.5 Å². The molecule has 0 radical (unpaired) electrons. The van der Waals surface area contributed by atoms with Crippen molar-refractivity contribution in [3.63, 3.8) is 0 Å². The minimum atomic E-state index is -0.136. The summed E-state index contributed by atoms with van der Waals surface area (Å²) in [6, 6.07) is 11.5. The summed E-state index contributed by atoms with van der Waals surface area (Å²) < 4.78 is 7.63. The van der Waals surface area contributed by atoms with Crippen LogP contribution in [0.3, 0.4) is 0 Å². The van der Waals surface area contributed by atoms with Crippen LogP contribution in [0.4, 0.5) is 0 Å². The lowest BCUT2D eigenvalue weighted by atomic mass is 10.1. The van der Waals surface area contributed by atoms with Crippen LogP contribution in [-0.2, 0) is 0 Å². The molecule has 0 aliphatic heterocycles. The van der Waals surface area contributed by atoms with Crippen molar-refractivity contribution < 1.29 is 9.53 Å². The zero-order valence-corrected chi connectivity index (χ0v) is 17.0. The Morgan fingerprint density at radius 3 is 2.44 bits per heavy atom. The molecule has 0 bridgehead atoms. The number of ether oxygens (including phenoxy) is 1. The van der Waals surface area contributed by atoms with Gasteiger partial charge in [0.15, 0.2) is 0 Å². The van der Waals surface area contributed by atoms with Crippen molar-refractivity contribution in [2.75, 3.05) is 20.7 Å². The van der Waals surface area contributed by atoms with Crippen LogP contribution in [0.5, 0.6) is 5.75 Å². The number of nitrogens with zero attached hydrogens (tertiary/aromatic N) is 3. The number of benzene rings is 2. The van der Waals surface area contributed by atoms with Crippen LogP contribution in [-0.4, -0.2) is 41.1 Å². The first-order valence-electron chi connectivity index (χ1n) is 9.00. The van der Waals surface area contributed by atoms with Crippen LogP contribution >= 0.6 is 11.6 Å². The normalized spacial score (nSPS) is 11.2. The van der Waals surface area contributed by atoms with Gasteiger partial charge in [0.25, 0.3) is 5.91 Å². The maximum absolute atomic E-state index is 12.4. The zero-order valence-electron chi connectivity index (χ0n) is 16.3. The molecule has 3 aromatic rings. The van der Waals surface area contributed by atoms with Gasteiger partial charge in [-0.1, -0.05) is 25.4 Å². The molecule has 0 saturated heterocycles. The van der Waals surface area contributed by atoms with E-state index in [4.69, 9.17) is 21.3 Å². The largest absolute Gasteiger partial charge is 0.494 e. The number of halogens is 1. The maximum Gasteiger partial charge on any atom is 0.254 e. The molecule has 27 heavy (non-hydrogen) atoms. The molecule has 142 valence electrons. The zero-order chi connectivity index (χ0) is 19.7. The highest BCUT2D eigenvalue weighted by Gasteiger charge is 2.20. The van der Waals surface area contributed by atoms with E-state index in [-0.39, 0.29) is 11.8 Å². The van der Waals surface area contributed by atoms with Crippen molar-refractivity contribution in [1.29, 1.82) is 0 Å². The van der Waals surface area contributed by atoms with Gasteiger partial charge in [0, 0.05) is 25.7 Å². The third-order valence-corrected chi connectivity index (χ3v) is 4.64. The van der Waals surface area contributed by atoms with Gasteiger partial charge in [0.05, 0.1) is 28.2 Å². The monoisotopic (exact) mass is 385 g/mol. The molecule has 0 aliphatic rings. The van der Waals surface area contributed by atoms with Crippen molar-refractivity contribution in [2.45, 2.75) is 26.7 Å². The third-order valence-electron chi connectivity index (χ3n) is 4.33. The molecule has 1 aromatic heterocycles. The number of aromatic nitrogens is 2. The summed E-state index contributed by atoms with van der Waals surface area (Å²) in [5.74, 6) is 1.81. The minimum absolute atomic E-state index is 0.136. The summed E-state index contributed by atoms with van der Waals surface area (Å²) in [4.78, 5) is 18.7. The van der Waals surface area contributed by atoms with Crippen molar-refractivity contribution in [3.8, 4) is 11.4 Å². The van der Waals surface area contributed by atoms with Gasteiger partial charge in [0.1, 0.15) is 11.6 Å². The van der Waals surface area contributed by atoms with Gasteiger partial charge in [-0.2, -0.15) is 0 Å². The Bertz CT molecular complexity index is 975. The standard InChI is InChI=1S/C21H24ClN3O2/c1-6-27-15-9-7-14(8-10-15)25-19-12-17(22)16(21(26)24(4)5)11-18(19)23-20(25)13(2)3/h7-13H,6H2,1-5H3.